The van der Waals surface area contributed by atoms with E-state index in [1.165, 1.54) is 23.7 Å². The Hall–Kier alpha value is -3.69. The molecule has 1 aliphatic heterocycles. The molecule has 4 heterocycles. The highest BCUT2D eigenvalue weighted by Gasteiger charge is 2.47. The SMILES string of the molecule is COc1cc(C(=O)N2CC3CCC2[C@@H]3N)cc2nc(-c3cc4ccccc4n3CC3CC3)n(Cc3csc(C)n3)c12. The first-order valence-corrected chi connectivity index (χ1v) is 15.5. The maximum Gasteiger partial charge on any atom is 0.254 e. The molecule has 3 atom stereocenters. The van der Waals surface area contributed by atoms with E-state index in [0.717, 1.165) is 59.2 Å². The van der Waals surface area contributed by atoms with Crippen molar-refractivity contribution in [3.8, 4) is 17.3 Å². The van der Waals surface area contributed by atoms with Gasteiger partial charge in [-0.3, -0.25) is 4.79 Å². The number of likely N-dealkylation sites (tertiary alicyclic amines) is 1. The molecule has 9 heteroatoms. The largest absolute Gasteiger partial charge is 0.494 e. The lowest BCUT2D eigenvalue weighted by Gasteiger charge is -2.27. The first-order valence-electron chi connectivity index (χ1n) is 14.6. The number of aryl methyl sites for hydroxylation is 1. The number of hydrogen-bond donors (Lipinski definition) is 1. The van der Waals surface area contributed by atoms with Crippen LogP contribution in [-0.2, 0) is 13.1 Å². The van der Waals surface area contributed by atoms with Crippen LogP contribution >= 0.6 is 11.3 Å². The van der Waals surface area contributed by atoms with Crippen molar-refractivity contribution in [2.75, 3.05) is 13.7 Å². The number of nitrogens with zero attached hydrogens (tertiary/aromatic N) is 5. The number of piperidine rings is 1. The number of thiazole rings is 1. The van der Waals surface area contributed by atoms with Gasteiger partial charge in [-0.1, -0.05) is 18.2 Å². The van der Waals surface area contributed by atoms with Crippen LogP contribution in [0.4, 0.5) is 0 Å². The van der Waals surface area contributed by atoms with Crippen LogP contribution < -0.4 is 10.5 Å². The summed E-state index contributed by atoms with van der Waals surface area (Å²) in [4.78, 5) is 25.8. The molecule has 3 aromatic heterocycles. The summed E-state index contributed by atoms with van der Waals surface area (Å²) < 4.78 is 10.6. The number of imidazole rings is 1. The molecule has 41 heavy (non-hydrogen) atoms. The predicted molar refractivity (Wildman–Crippen MR) is 161 cm³/mol. The van der Waals surface area contributed by atoms with Crippen LogP contribution in [0.3, 0.4) is 0 Å². The molecule has 5 aromatic rings. The second-order valence-corrected chi connectivity index (χ2v) is 13.1. The van der Waals surface area contributed by atoms with Crippen LogP contribution in [0.15, 0.2) is 47.8 Å². The highest BCUT2D eigenvalue weighted by Crippen LogP contribution is 2.40. The van der Waals surface area contributed by atoms with Crippen molar-refractivity contribution in [1.29, 1.82) is 0 Å². The van der Waals surface area contributed by atoms with Crippen LogP contribution in [0.5, 0.6) is 5.75 Å². The van der Waals surface area contributed by atoms with Crippen molar-refractivity contribution >= 4 is 39.2 Å². The van der Waals surface area contributed by atoms with Crippen LogP contribution in [0.2, 0.25) is 0 Å². The second kappa shape index (κ2) is 9.42. The number of rotatable bonds is 7. The van der Waals surface area contributed by atoms with Gasteiger partial charge in [-0.15, -0.1) is 11.3 Å². The Morgan fingerprint density at radius 2 is 1.95 bits per heavy atom. The number of benzene rings is 2. The van der Waals surface area contributed by atoms with E-state index in [1.54, 1.807) is 18.4 Å². The summed E-state index contributed by atoms with van der Waals surface area (Å²) in [7, 11) is 1.67. The predicted octanol–water partition coefficient (Wildman–Crippen LogP) is 5.45. The molecule has 2 unspecified atom stereocenters. The van der Waals surface area contributed by atoms with Gasteiger partial charge in [0.05, 0.1) is 35.6 Å². The molecule has 1 saturated heterocycles. The van der Waals surface area contributed by atoms with Crippen LogP contribution in [0, 0.1) is 18.8 Å². The first kappa shape index (κ1) is 25.1. The second-order valence-electron chi connectivity index (χ2n) is 12.0. The minimum atomic E-state index is 0.0157. The average Bonchev–Trinajstić information content (AvgIpc) is 3.25. The monoisotopic (exact) mass is 566 g/mol. The molecule has 1 amide bonds. The van der Waals surface area contributed by atoms with Gasteiger partial charge in [-0.05, 0) is 68.7 Å². The van der Waals surface area contributed by atoms with Gasteiger partial charge >= 0.3 is 0 Å². The molecule has 2 aromatic carbocycles. The van der Waals surface area contributed by atoms with E-state index in [-0.39, 0.29) is 18.0 Å². The Bertz CT molecular complexity index is 1810. The third-order valence-electron chi connectivity index (χ3n) is 9.35. The maximum absolute atomic E-state index is 13.8. The number of methoxy groups -OCH3 is 1. The van der Waals surface area contributed by atoms with Crippen molar-refractivity contribution in [3.05, 3.63) is 64.1 Å². The molecule has 2 bridgehead atoms. The fraction of sp³-hybridized carbons (Fsp3) is 0.406. The molecule has 8 rings (SSSR count). The number of fused-ring (bicyclic) bond motifs is 4. The molecule has 0 spiro atoms. The van der Waals surface area contributed by atoms with Gasteiger partial charge in [0.1, 0.15) is 11.3 Å². The third kappa shape index (κ3) is 4.08. The van der Waals surface area contributed by atoms with Crippen LogP contribution in [0.25, 0.3) is 33.5 Å². The Morgan fingerprint density at radius 3 is 2.66 bits per heavy atom. The normalized spacial score (nSPS) is 21.9. The zero-order valence-corrected chi connectivity index (χ0v) is 24.2. The lowest BCUT2D eigenvalue weighted by atomic mass is 10.1. The number of amides is 1. The fourth-order valence-corrected chi connectivity index (χ4v) is 7.70. The minimum absolute atomic E-state index is 0.0157. The number of aromatic nitrogens is 4. The van der Waals surface area contributed by atoms with Gasteiger partial charge in [-0.2, -0.15) is 0 Å². The molecule has 2 saturated carbocycles. The summed E-state index contributed by atoms with van der Waals surface area (Å²) in [5.74, 6) is 2.63. The lowest BCUT2D eigenvalue weighted by Crippen LogP contribution is -2.41. The standard InChI is InChI=1S/C32H34N6O2S/c1-18-34-23(17-41-18)16-38-30-24(11-22(13-28(30)40-2)32(39)37-15-21-9-10-26(37)29(21)33)35-31(38)27-12-20-5-3-4-6-25(20)36(27)14-19-7-8-19/h3-6,11-13,17,19,21,26,29H,7-10,14-16,33H2,1-2H3/t21?,26?,29-/m1/s1. The number of hydrogen-bond acceptors (Lipinski definition) is 6. The number of carbonyl (C=O) groups excluding carboxylic acids is 1. The Balaban J connectivity index is 1.31. The average molecular weight is 567 g/mol. The molecular formula is C32H34N6O2S. The van der Waals surface area contributed by atoms with Crippen LogP contribution in [-0.4, -0.2) is 55.6 Å². The summed E-state index contributed by atoms with van der Waals surface area (Å²) in [6, 6.07) is 14.8. The van der Waals surface area contributed by atoms with Gasteiger partial charge in [0, 0.05) is 47.0 Å². The fourth-order valence-electron chi connectivity index (χ4n) is 7.10. The van der Waals surface area contributed by atoms with E-state index in [9.17, 15) is 4.79 Å². The summed E-state index contributed by atoms with van der Waals surface area (Å²) in [6.07, 6.45) is 4.62. The molecule has 210 valence electrons. The van der Waals surface area contributed by atoms with Gasteiger partial charge in [0.15, 0.2) is 5.82 Å². The van der Waals surface area contributed by atoms with E-state index in [1.807, 2.05) is 24.0 Å². The van der Waals surface area contributed by atoms with Gasteiger partial charge in [-0.25, -0.2) is 9.97 Å². The first-order chi connectivity index (χ1) is 20.0. The van der Waals surface area contributed by atoms with E-state index >= 15 is 0 Å². The van der Waals surface area contributed by atoms with Crippen molar-refractivity contribution < 1.29 is 9.53 Å². The number of carbonyl (C=O) groups is 1. The Labute approximate surface area is 242 Å². The van der Waals surface area contributed by atoms with Gasteiger partial charge < -0.3 is 24.5 Å². The van der Waals surface area contributed by atoms with Crippen molar-refractivity contribution in [2.45, 2.75) is 57.8 Å². The minimum Gasteiger partial charge on any atom is -0.494 e. The van der Waals surface area contributed by atoms with E-state index < -0.39 is 0 Å². The highest BCUT2D eigenvalue weighted by atomic mass is 32.1. The molecule has 3 fully saturated rings. The summed E-state index contributed by atoms with van der Waals surface area (Å²) >= 11 is 1.65. The number of ether oxygens (including phenoxy) is 1. The molecule has 0 radical (unpaired) electrons. The molecule has 2 N–H and O–H groups in total. The van der Waals surface area contributed by atoms with E-state index in [4.69, 9.17) is 20.4 Å². The smallest absolute Gasteiger partial charge is 0.254 e. The summed E-state index contributed by atoms with van der Waals surface area (Å²) in [6.45, 7) is 4.30. The molecule has 8 nitrogen and oxygen atoms in total. The number of nitrogens with two attached hydrogens (primary N) is 1. The molecule has 3 aliphatic rings. The molecular weight excluding hydrogens is 532 g/mol. The van der Waals surface area contributed by atoms with Gasteiger partial charge in [0.25, 0.3) is 5.91 Å². The van der Waals surface area contributed by atoms with Crippen molar-refractivity contribution in [2.24, 2.45) is 17.6 Å². The van der Waals surface area contributed by atoms with Gasteiger partial charge in [0.2, 0.25) is 0 Å². The third-order valence-corrected chi connectivity index (χ3v) is 10.2. The summed E-state index contributed by atoms with van der Waals surface area (Å²) in [5, 5.41) is 4.35. The summed E-state index contributed by atoms with van der Waals surface area (Å²) in [5.41, 5.74) is 12.0. The van der Waals surface area contributed by atoms with Crippen LogP contribution in [0.1, 0.15) is 46.7 Å². The quantitative estimate of drug-likeness (QED) is 0.283. The molecule has 2 aliphatic carbocycles. The number of para-hydroxylation sites is 1. The van der Waals surface area contributed by atoms with E-state index in [0.29, 0.717) is 29.7 Å². The Morgan fingerprint density at radius 1 is 1.10 bits per heavy atom. The van der Waals surface area contributed by atoms with E-state index in [2.05, 4.69) is 44.8 Å². The van der Waals surface area contributed by atoms with Crippen molar-refractivity contribution in [1.82, 2.24) is 24.0 Å². The highest BCUT2D eigenvalue weighted by molar-refractivity contribution is 7.09. The topological polar surface area (TPSA) is 91.2 Å². The van der Waals surface area contributed by atoms with Crippen molar-refractivity contribution in [3.63, 3.8) is 0 Å². The lowest BCUT2D eigenvalue weighted by molar-refractivity contribution is 0.0700. The maximum atomic E-state index is 13.8. The Kier molecular flexibility index (Phi) is 5.76. The zero-order valence-electron chi connectivity index (χ0n) is 23.4. The zero-order chi connectivity index (χ0) is 27.8.